The van der Waals surface area contributed by atoms with Crippen molar-refractivity contribution in [1.82, 2.24) is 15.0 Å². The topological polar surface area (TPSA) is 145 Å². The maximum absolute atomic E-state index is 12.8. The van der Waals surface area contributed by atoms with Crippen molar-refractivity contribution in [1.29, 1.82) is 0 Å². The molecule has 0 bridgehead atoms. The van der Waals surface area contributed by atoms with Gasteiger partial charge in [0.1, 0.15) is 5.69 Å². The highest BCUT2D eigenvalue weighted by Crippen LogP contribution is 2.26. The van der Waals surface area contributed by atoms with Crippen molar-refractivity contribution < 1.29 is 19.3 Å². The molecule has 0 saturated heterocycles. The minimum absolute atomic E-state index is 0.144. The second-order valence-electron chi connectivity index (χ2n) is 7.69. The lowest BCUT2D eigenvalue weighted by Crippen LogP contribution is -2.33. The molecule has 1 amide bonds. The van der Waals surface area contributed by atoms with Gasteiger partial charge in [-0.25, -0.2) is 9.97 Å². The van der Waals surface area contributed by atoms with E-state index in [-0.39, 0.29) is 22.1 Å². The third-order valence-corrected chi connectivity index (χ3v) is 6.29. The molecule has 2 aromatic heterocycles. The Morgan fingerprint density at radius 2 is 1.61 bits per heavy atom. The van der Waals surface area contributed by atoms with Gasteiger partial charge in [0.15, 0.2) is 10.9 Å². The van der Waals surface area contributed by atoms with Crippen molar-refractivity contribution in [2.45, 2.75) is 6.04 Å². The third kappa shape index (κ3) is 4.42. The van der Waals surface area contributed by atoms with Crippen molar-refractivity contribution in [3.63, 3.8) is 0 Å². The molecule has 3 aromatic carbocycles. The van der Waals surface area contributed by atoms with Gasteiger partial charge in [-0.2, -0.15) is 0 Å². The summed E-state index contributed by atoms with van der Waals surface area (Å²) in [7, 11) is 0. The summed E-state index contributed by atoms with van der Waals surface area (Å²) in [6.45, 7) is 0. The molecule has 0 saturated carbocycles. The number of nitrogens with one attached hydrogen (secondary N) is 1. The van der Waals surface area contributed by atoms with Crippen LogP contribution in [0.4, 0.5) is 5.13 Å². The lowest BCUT2D eigenvalue weighted by atomic mass is 10.0. The van der Waals surface area contributed by atoms with Gasteiger partial charge in [0.25, 0.3) is 5.78 Å². The number of benzene rings is 3. The first-order chi connectivity index (χ1) is 17.4. The van der Waals surface area contributed by atoms with Gasteiger partial charge >= 0.3 is 11.9 Å². The smallest absolute Gasteiger partial charge is 0.295 e. The Hall–Kier alpha value is -4.90. The summed E-state index contributed by atoms with van der Waals surface area (Å²) >= 11 is 1.14. The Bertz CT molecular complexity index is 1630. The van der Waals surface area contributed by atoms with E-state index in [1.54, 1.807) is 66.7 Å². The zero-order valence-electron chi connectivity index (χ0n) is 18.3. The minimum Gasteiger partial charge on any atom is -0.295 e. The molecular formula is C25H15N5O5S. The molecule has 10 nitrogen and oxygen atoms in total. The fourth-order valence-corrected chi connectivity index (χ4v) is 4.46. The average Bonchev–Trinajstić information content (AvgIpc) is 3.30. The van der Waals surface area contributed by atoms with E-state index in [4.69, 9.17) is 0 Å². The molecule has 1 N–H and O–H groups in total. The molecule has 1 atom stereocenters. The maximum Gasteiger partial charge on any atom is 0.322 e. The summed E-state index contributed by atoms with van der Waals surface area (Å²) < 4.78 is 0.785. The van der Waals surface area contributed by atoms with Crippen LogP contribution in [0.5, 0.6) is 0 Å². The number of fused-ring (bicyclic) bond motifs is 2. The summed E-state index contributed by atoms with van der Waals surface area (Å²) in [4.78, 5) is 61.6. The van der Waals surface area contributed by atoms with Crippen LogP contribution in [0.2, 0.25) is 0 Å². The molecule has 36 heavy (non-hydrogen) atoms. The number of nitrogens with zero attached hydrogens (tertiary/aromatic N) is 4. The highest BCUT2D eigenvalue weighted by atomic mass is 32.1. The predicted octanol–water partition coefficient (Wildman–Crippen LogP) is 4.00. The second-order valence-corrected chi connectivity index (χ2v) is 8.72. The van der Waals surface area contributed by atoms with Gasteiger partial charge in [0.05, 0.1) is 27.4 Å². The Morgan fingerprint density at radius 3 is 2.36 bits per heavy atom. The Balaban J connectivity index is 1.43. The highest BCUT2D eigenvalue weighted by molar-refractivity contribution is 7.22. The number of hydrogen-bond donors (Lipinski definition) is 1. The van der Waals surface area contributed by atoms with Gasteiger partial charge in [0, 0.05) is 16.1 Å². The van der Waals surface area contributed by atoms with Crippen LogP contribution in [0.25, 0.3) is 21.3 Å². The standard InChI is InChI=1S/C25H15N5O5S/c31-22(14-6-2-1-3-7-14)15-10-11-16-18(12-15)27-19(13-26-16)21(30(34)35)23(32)24(33)29-25-28-17-8-4-5-9-20(17)36-25/h1-13,21H,(H,28,29,33)/t21-/m1/s1. The van der Waals surface area contributed by atoms with E-state index in [9.17, 15) is 24.5 Å². The van der Waals surface area contributed by atoms with Crippen LogP contribution in [-0.2, 0) is 9.59 Å². The predicted molar refractivity (Wildman–Crippen MR) is 132 cm³/mol. The summed E-state index contributed by atoms with van der Waals surface area (Å²) in [6.07, 6.45) is 1.08. The molecule has 5 rings (SSSR count). The quantitative estimate of drug-likeness (QED) is 0.154. The summed E-state index contributed by atoms with van der Waals surface area (Å²) in [5.41, 5.74) is 1.62. The van der Waals surface area contributed by atoms with Crippen LogP contribution >= 0.6 is 11.3 Å². The Kier molecular flexibility index (Phi) is 5.97. The molecule has 0 spiro atoms. The van der Waals surface area contributed by atoms with Gasteiger partial charge in [-0.15, -0.1) is 0 Å². The first-order valence-electron chi connectivity index (χ1n) is 10.6. The van der Waals surface area contributed by atoms with E-state index in [1.807, 2.05) is 0 Å². The summed E-state index contributed by atoms with van der Waals surface area (Å²) in [6, 6.07) is 18.2. The number of thiazole rings is 1. The molecule has 0 fully saturated rings. The molecule has 0 unspecified atom stereocenters. The lowest BCUT2D eigenvalue weighted by Gasteiger charge is -2.09. The number of nitro groups is 1. The molecule has 0 aliphatic carbocycles. The highest BCUT2D eigenvalue weighted by Gasteiger charge is 2.39. The number of carbonyl (C=O) groups excluding carboxylic acids is 3. The number of carbonyl (C=O) groups is 3. The third-order valence-electron chi connectivity index (χ3n) is 5.34. The number of aromatic nitrogens is 3. The van der Waals surface area contributed by atoms with Crippen molar-refractivity contribution in [2.24, 2.45) is 0 Å². The first kappa shape index (κ1) is 22.9. The molecule has 0 aliphatic rings. The molecular weight excluding hydrogens is 482 g/mol. The summed E-state index contributed by atoms with van der Waals surface area (Å²) in [5.74, 6) is -2.77. The monoisotopic (exact) mass is 497 g/mol. The van der Waals surface area contributed by atoms with E-state index < -0.39 is 22.7 Å². The molecule has 0 radical (unpaired) electrons. The fourth-order valence-electron chi connectivity index (χ4n) is 3.60. The largest absolute Gasteiger partial charge is 0.322 e. The van der Waals surface area contributed by atoms with Crippen LogP contribution < -0.4 is 5.32 Å². The van der Waals surface area contributed by atoms with Gasteiger partial charge in [-0.3, -0.25) is 34.8 Å². The van der Waals surface area contributed by atoms with E-state index >= 15 is 0 Å². The zero-order valence-corrected chi connectivity index (χ0v) is 19.1. The van der Waals surface area contributed by atoms with E-state index in [1.165, 1.54) is 6.07 Å². The van der Waals surface area contributed by atoms with Crippen LogP contribution in [-0.4, -0.2) is 37.3 Å². The fraction of sp³-hybridized carbons (Fsp3) is 0.0400. The maximum atomic E-state index is 12.8. The number of rotatable bonds is 7. The van der Waals surface area contributed by atoms with Crippen molar-refractivity contribution in [2.75, 3.05) is 5.32 Å². The first-order valence-corrected chi connectivity index (χ1v) is 11.4. The van der Waals surface area contributed by atoms with Crippen molar-refractivity contribution in [3.05, 3.63) is 106 Å². The van der Waals surface area contributed by atoms with Crippen LogP contribution in [0.1, 0.15) is 27.7 Å². The number of ketones is 2. The van der Waals surface area contributed by atoms with Crippen molar-refractivity contribution >= 4 is 55.2 Å². The number of Topliss-reactive ketones (excluding diaryl/α,β-unsaturated/α-hetero) is 1. The van der Waals surface area contributed by atoms with Crippen LogP contribution in [0, 0.1) is 10.1 Å². The van der Waals surface area contributed by atoms with E-state index in [2.05, 4.69) is 20.3 Å². The number of hydrogen-bond acceptors (Lipinski definition) is 9. The molecule has 11 heteroatoms. The van der Waals surface area contributed by atoms with Gasteiger partial charge in [-0.1, -0.05) is 53.8 Å². The average molecular weight is 497 g/mol. The summed E-state index contributed by atoms with van der Waals surface area (Å²) in [5, 5.41) is 14.3. The normalized spacial score (nSPS) is 11.8. The van der Waals surface area contributed by atoms with E-state index in [0.717, 1.165) is 22.2 Å². The van der Waals surface area contributed by atoms with Crippen LogP contribution in [0.15, 0.2) is 79.0 Å². The minimum atomic E-state index is -2.08. The molecule has 5 aromatic rings. The zero-order chi connectivity index (χ0) is 25.2. The second kappa shape index (κ2) is 9.39. The van der Waals surface area contributed by atoms with Gasteiger partial charge in [0.2, 0.25) is 0 Å². The van der Waals surface area contributed by atoms with Crippen LogP contribution in [0.3, 0.4) is 0 Å². The number of anilines is 1. The Morgan fingerprint density at radius 1 is 0.861 bits per heavy atom. The lowest BCUT2D eigenvalue weighted by molar-refractivity contribution is -0.513. The molecule has 2 heterocycles. The number of para-hydroxylation sites is 1. The van der Waals surface area contributed by atoms with E-state index in [0.29, 0.717) is 22.2 Å². The van der Waals surface area contributed by atoms with Gasteiger partial charge < -0.3 is 0 Å². The molecule has 0 aliphatic heterocycles. The van der Waals surface area contributed by atoms with Gasteiger partial charge in [-0.05, 0) is 30.3 Å². The Labute approximate surface area is 206 Å². The number of amides is 1. The van der Waals surface area contributed by atoms with Crippen molar-refractivity contribution in [3.8, 4) is 0 Å². The molecule has 176 valence electrons. The SMILES string of the molecule is O=C(Nc1nc2ccccc2s1)C(=O)[C@@H](c1cnc2ccc(C(=O)c3ccccc3)cc2n1)[N+](=O)[O-].